The van der Waals surface area contributed by atoms with Gasteiger partial charge in [0, 0.05) is 11.1 Å². The van der Waals surface area contributed by atoms with Crippen LogP contribution in [0.25, 0.3) is 0 Å². The van der Waals surface area contributed by atoms with Crippen LogP contribution in [0.5, 0.6) is 11.5 Å². The van der Waals surface area contributed by atoms with Gasteiger partial charge in [-0.2, -0.15) is 0 Å². The average molecular weight is 339 g/mol. The predicted molar refractivity (Wildman–Crippen MR) is 86.5 cm³/mol. The minimum Gasteiger partial charge on any atom is -0.493 e. The first-order valence-electron chi connectivity index (χ1n) is 7.16. The quantitative estimate of drug-likeness (QED) is 0.433. The molecular weight excluding hydrogens is 320 g/mol. The van der Waals surface area contributed by atoms with E-state index in [1.165, 1.54) is 19.2 Å². The van der Waals surface area contributed by atoms with Gasteiger partial charge in [-0.15, -0.1) is 5.92 Å². The Morgan fingerprint density at radius 3 is 2.52 bits per heavy atom. The molecule has 0 fully saturated rings. The molecule has 0 aliphatic carbocycles. The number of halogens is 1. The van der Waals surface area contributed by atoms with Crippen molar-refractivity contribution in [3.05, 3.63) is 23.2 Å². The number of carbonyl (C=O) groups is 2. The van der Waals surface area contributed by atoms with Crippen LogP contribution in [0.1, 0.15) is 33.1 Å². The van der Waals surface area contributed by atoms with Crippen molar-refractivity contribution in [1.29, 1.82) is 0 Å². The zero-order valence-corrected chi connectivity index (χ0v) is 14.1. The molecule has 0 aliphatic heterocycles. The van der Waals surface area contributed by atoms with E-state index in [0.29, 0.717) is 17.2 Å². The lowest BCUT2D eigenvalue weighted by molar-refractivity contribution is -0.149. The van der Waals surface area contributed by atoms with Crippen LogP contribution in [0.2, 0.25) is 5.02 Å². The van der Waals surface area contributed by atoms with Crippen LogP contribution in [0, 0.1) is 11.8 Å². The summed E-state index contributed by atoms with van der Waals surface area (Å²) in [6, 6.07) is 4.64. The number of rotatable bonds is 7. The summed E-state index contributed by atoms with van der Waals surface area (Å²) in [6.07, 6.45) is -0.0177. The fraction of sp³-hybridized carbons (Fsp3) is 0.412. The van der Waals surface area contributed by atoms with Gasteiger partial charge < -0.3 is 14.2 Å². The molecule has 1 rings (SSSR count). The number of hydrogen-bond donors (Lipinski definition) is 0. The standard InChI is InChI=1S/C17H19ClO5/c1-4-6-13(5-2)22-16(19)9-10-17(20)23-14-8-7-12(18)11-15(14)21-3/h7-8,11,13H,5,9-10H2,1-3H3. The second kappa shape index (κ2) is 9.75. The van der Waals surface area contributed by atoms with Gasteiger partial charge in [-0.3, -0.25) is 9.59 Å². The Bertz CT molecular complexity index is 615. The van der Waals surface area contributed by atoms with Crippen molar-refractivity contribution in [3.8, 4) is 23.3 Å². The van der Waals surface area contributed by atoms with Crippen molar-refractivity contribution in [1.82, 2.24) is 0 Å². The normalized spacial score (nSPS) is 11.0. The monoisotopic (exact) mass is 338 g/mol. The fourth-order valence-electron chi connectivity index (χ4n) is 1.70. The maximum absolute atomic E-state index is 11.8. The molecular formula is C17H19ClO5. The summed E-state index contributed by atoms with van der Waals surface area (Å²) in [7, 11) is 1.44. The van der Waals surface area contributed by atoms with E-state index < -0.39 is 18.0 Å². The number of esters is 2. The molecule has 0 radical (unpaired) electrons. The van der Waals surface area contributed by atoms with Crippen molar-refractivity contribution in [2.45, 2.75) is 39.2 Å². The van der Waals surface area contributed by atoms with Crippen molar-refractivity contribution in [3.63, 3.8) is 0 Å². The summed E-state index contributed by atoms with van der Waals surface area (Å²) >= 11 is 5.83. The molecule has 0 saturated carbocycles. The molecule has 124 valence electrons. The smallest absolute Gasteiger partial charge is 0.311 e. The van der Waals surface area contributed by atoms with Gasteiger partial charge in [0.05, 0.1) is 20.0 Å². The van der Waals surface area contributed by atoms with E-state index in [1.54, 1.807) is 13.0 Å². The van der Waals surface area contributed by atoms with Gasteiger partial charge in [-0.25, -0.2) is 0 Å². The van der Waals surface area contributed by atoms with Crippen LogP contribution in [0.15, 0.2) is 18.2 Å². The summed E-state index contributed by atoms with van der Waals surface area (Å²) in [5.41, 5.74) is 0. The topological polar surface area (TPSA) is 61.8 Å². The Hall–Kier alpha value is -2.19. The maximum atomic E-state index is 11.8. The lowest BCUT2D eigenvalue weighted by Crippen LogP contribution is -2.18. The van der Waals surface area contributed by atoms with E-state index in [2.05, 4.69) is 11.8 Å². The molecule has 0 saturated heterocycles. The molecule has 0 aliphatic rings. The highest BCUT2D eigenvalue weighted by molar-refractivity contribution is 6.30. The third-order valence-corrected chi connectivity index (χ3v) is 3.07. The van der Waals surface area contributed by atoms with Gasteiger partial charge in [0.2, 0.25) is 0 Å². The zero-order chi connectivity index (χ0) is 17.2. The Kier molecular flexibility index (Phi) is 8.00. The molecule has 0 aromatic heterocycles. The third-order valence-electron chi connectivity index (χ3n) is 2.83. The molecule has 5 nitrogen and oxygen atoms in total. The highest BCUT2D eigenvalue weighted by atomic mass is 35.5. The SMILES string of the molecule is CC#CC(CC)OC(=O)CCC(=O)Oc1ccc(Cl)cc1OC. The maximum Gasteiger partial charge on any atom is 0.311 e. The van der Waals surface area contributed by atoms with Crippen molar-refractivity contribution in [2.24, 2.45) is 0 Å². The largest absolute Gasteiger partial charge is 0.493 e. The zero-order valence-electron chi connectivity index (χ0n) is 13.3. The number of carbonyl (C=O) groups excluding carboxylic acids is 2. The molecule has 0 heterocycles. The molecule has 1 aromatic rings. The molecule has 23 heavy (non-hydrogen) atoms. The Balaban J connectivity index is 2.51. The minimum atomic E-state index is -0.558. The summed E-state index contributed by atoms with van der Waals surface area (Å²) < 4.78 is 15.4. The van der Waals surface area contributed by atoms with Gasteiger partial charge >= 0.3 is 11.9 Å². The van der Waals surface area contributed by atoms with E-state index in [-0.39, 0.29) is 18.6 Å². The number of benzene rings is 1. The van der Waals surface area contributed by atoms with E-state index in [9.17, 15) is 9.59 Å². The average Bonchev–Trinajstić information content (AvgIpc) is 2.54. The summed E-state index contributed by atoms with van der Waals surface area (Å²) in [4.78, 5) is 23.5. The highest BCUT2D eigenvalue weighted by Gasteiger charge is 2.15. The van der Waals surface area contributed by atoms with E-state index in [1.807, 2.05) is 6.92 Å². The van der Waals surface area contributed by atoms with Crippen LogP contribution in [-0.4, -0.2) is 25.2 Å². The van der Waals surface area contributed by atoms with Gasteiger partial charge in [-0.1, -0.05) is 24.4 Å². The Morgan fingerprint density at radius 1 is 1.22 bits per heavy atom. The van der Waals surface area contributed by atoms with Gasteiger partial charge in [0.25, 0.3) is 0 Å². The predicted octanol–water partition coefficient (Wildman–Crippen LogP) is 3.38. The molecule has 1 atom stereocenters. The third kappa shape index (κ3) is 6.62. The van der Waals surface area contributed by atoms with E-state index in [4.69, 9.17) is 25.8 Å². The Morgan fingerprint density at radius 2 is 1.91 bits per heavy atom. The van der Waals surface area contributed by atoms with Crippen LogP contribution in [0.3, 0.4) is 0 Å². The van der Waals surface area contributed by atoms with Crippen LogP contribution >= 0.6 is 11.6 Å². The molecule has 0 bridgehead atoms. The minimum absolute atomic E-state index is 0.0728. The van der Waals surface area contributed by atoms with Crippen LogP contribution < -0.4 is 9.47 Å². The van der Waals surface area contributed by atoms with E-state index in [0.717, 1.165) is 0 Å². The van der Waals surface area contributed by atoms with Crippen LogP contribution in [-0.2, 0) is 14.3 Å². The fourth-order valence-corrected chi connectivity index (χ4v) is 1.86. The first-order chi connectivity index (χ1) is 11.0. The Labute approximate surface area is 140 Å². The second-order valence-electron chi connectivity index (χ2n) is 4.55. The number of hydrogen-bond acceptors (Lipinski definition) is 5. The summed E-state index contributed by atoms with van der Waals surface area (Å²) in [6.45, 7) is 3.54. The molecule has 0 N–H and O–H groups in total. The van der Waals surface area contributed by atoms with Crippen LogP contribution in [0.4, 0.5) is 0 Å². The van der Waals surface area contributed by atoms with E-state index >= 15 is 0 Å². The number of ether oxygens (including phenoxy) is 3. The lowest BCUT2D eigenvalue weighted by Gasteiger charge is -2.11. The van der Waals surface area contributed by atoms with Gasteiger partial charge in [0.15, 0.2) is 17.6 Å². The first-order valence-corrected chi connectivity index (χ1v) is 7.53. The number of methoxy groups -OCH3 is 1. The summed E-state index contributed by atoms with van der Waals surface area (Å²) in [5, 5.41) is 0.466. The van der Waals surface area contributed by atoms with Crippen molar-refractivity contribution >= 4 is 23.5 Å². The molecule has 0 amide bonds. The van der Waals surface area contributed by atoms with Gasteiger partial charge in [-0.05, 0) is 25.5 Å². The van der Waals surface area contributed by atoms with Crippen molar-refractivity contribution in [2.75, 3.05) is 7.11 Å². The molecule has 6 heteroatoms. The molecule has 1 aromatic carbocycles. The first kappa shape index (κ1) is 18.9. The highest BCUT2D eigenvalue weighted by Crippen LogP contribution is 2.30. The second-order valence-corrected chi connectivity index (χ2v) is 4.99. The van der Waals surface area contributed by atoms with Crippen molar-refractivity contribution < 1.29 is 23.8 Å². The molecule has 1 unspecified atom stereocenters. The molecule has 0 spiro atoms. The lowest BCUT2D eigenvalue weighted by atomic mass is 10.2. The summed E-state index contributed by atoms with van der Waals surface area (Å²) in [5.74, 6) is 5.02. The van der Waals surface area contributed by atoms with Gasteiger partial charge in [0.1, 0.15) is 0 Å².